The average molecular weight is 194 g/mol. The quantitative estimate of drug-likeness (QED) is 0.651. The zero-order valence-electron chi connectivity index (χ0n) is 8.44. The molecule has 2 aromatic rings. The van der Waals surface area contributed by atoms with E-state index in [1.165, 1.54) is 0 Å². The summed E-state index contributed by atoms with van der Waals surface area (Å²) in [5.74, 6) is 2.58. The van der Waals surface area contributed by atoms with Crippen LogP contribution >= 0.6 is 0 Å². The van der Waals surface area contributed by atoms with E-state index in [2.05, 4.69) is 15.9 Å². The number of hydrogen-bond acceptors (Lipinski definition) is 2. The van der Waals surface area contributed by atoms with Crippen LogP contribution in [0.1, 0.15) is 11.1 Å². The first kappa shape index (κ1) is 9.42. The first-order valence-electron chi connectivity index (χ1n) is 4.65. The molecule has 0 aromatic carbocycles. The van der Waals surface area contributed by atoms with Crippen LogP contribution in [0.5, 0.6) is 0 Å². The molecule has 0 aliphatic heterocycles. The SMILES string of the molecule is C#Cc1ccnc(-c2cc(C)ccn2)c1. The van der Waals surface area contributed by atoms with E-state index in [9.17, 15) is 0 Å². The second kappa shape index (κ2) is 3.93. The van der Waals surface area contributed by atoms with Crippen molar-refractivity contribution in [3.05, 3.63) is 47.8 Å². The van der Waals surface area contributed by atoms with Crippen LogP contribution in [0.2, 0.25) is 0 Å². The lowest BCUT2D eigenvalue weighted by atomic mass is 10.1. The number of terminal acetylenes is 1. The highest BCUT2D eigenvalue weighted by Crippen LogP contribution is 2.15. The Bertz CT molecular complexity index is 524. The van der Waals surface area contributed by atoms with Crippen molar-refractivity contribution in [2.75, 3.05) is 0 Å². The molecule has 0 fully saturated rings. The molecule has 72 valence electrons. The third kappa shape index (κ3) is 2.03. The smallest absolute Gasteiger partial charge is 0.0898 e. The molecule has 2 heterocycles. The molecule has 0 amide bonds. The summed E-state index contributed by atoms with van der Waals surface area (Å²) in [7, 11) is 0. The third-order valence-electron chi connectivity index (χ3n) is 2.10. The monoisotopic (exact) mass is 194 g/mol. The Labute approximate surface area is 89.0 Å². The van der Waals surface area contributed by atoms with E-state index in [0.717, 1.165) is 22.5 Å². The minimum absolute atomic E-state index is 0.814. The van der Waals surface area contributed by atoms with Crippen LogP contribution in [0, 0.1) is 19.3 Å². The highest BCUT2D eigenvalue weighted by Gasteiger charge is 2.00. The lowest BCUT2D eigenvalue weighted by Crippen LogP contribution is -1.88. The summed E-state index contributed by atoms with van der Waals surface area (Å²) in [6, 6.07) is 7.61. The molecule has 0 radical (unpaired) electrons. The van der Waals surface area contributed by atoms with E-state index >= 15 is 0 Å². The molecule has 15 heavy (non-hydrogen) atoms. The Morgan fingerprint density at radius 1 is 1.07 bits per heavy atom. The van der Waals surface area contributed by atoms with Crippen LogP contribution in [0.15, 0.2) is 36.7 Å². The Morgan fingerprint density at radius 3 is 2.40 bits per heavy atom. The van der Waals surface area contributed by atoms with Gasteiger partial charge in [0.25, 0.3) is 0 Å². The number of pyridine rings is 2. The van der Waals surface area contributed by atoms with Crippen molar-refractivity contribution >= 4 is 0 Å². The van der Waals surface area contributed by atoms with Gasteiger partial charge < -0.3 is 0 Å². The van der Waals surface area contributed by atoms with E-state index in [0.29, 0.717) is 0 Å². The molecule has 0 spiro atoms. The Kier molecular flexibility index (Phi) is 2.47. The summed E-state index contributed by atoms with van der Waals surface area (Å²) in [4.78, 5) is 8.49. The molecular formula is C13H10N2. The van der Waals surface area contributed by atoms with E-state index < -0.39 is 0 Å². The number of rotatable bonds is 1. The van der Waals surface area contributed by atoms with Crippen molar-refractivity contribution in [1.29, 1.82) is 0 Å². The molecule has 0 saturated heterocycles. The molecule has 0 atom stereocenters. The van der Waals surface area contributed by atoms with Gasteiger partial charge >= 0.3 is 0 Å². The van der Waals surface area contributed by atoms with Crippen molar-refractivity contribution in [3.63, 3.8) is 0 Å². The second-order valence-corrected chi connectivity index (χ2v) is 3.29. The molecule has 0 aliphatic rings. The number of aryl methyl sites for hydroxylation is 1. The Morgan fingerprint density at radius 2 is 1.73 bits per heavy atom. The number of aromatic nitrogens is 2. The number of hydrogen-bond donors (Lipinski definition) is 0. The van der Waals surface area contributed by atoms with Crippen molar-refractivity contribution in [1.82, 2.24) is 9.97 Å². The van der Waals surface area contributed by atoms with Gasteiger partial charge in [0.2, 0.25) is 0 Å². The number of nitrogens with zero attached hydrogens (tertiary/aromatic N) is 2. The van der Waals surface area contributed by atoms with Crippen LogP contribution in [-0.4, -0.2) is 9.97 Å². The molecular weight excluding hydrogens is 184 g/mol. The molecule has 0 N–H and O–H groups in total. The predicted molar refractivity (Wildman–Crippen MR) is 60.1 cm³/mol. The van der Waals surface area contributed by atoms with Crippen LogP contribution < -0.4 is 0 Å². The molecule has 2 rings (SSSR count). The summed E-state index contributed by atoms with van der Waals surface area (Å²) in [5, 5.41) is 0. The highest BCUT2D eigenvalue weighted by molar-refractivity contribution is 5.57. The van der Waals surface area contributed by atoms with Gasteiger partial charge in [0.1, 0.15) is 0 Å². The van der Waals surface area contributed by atoms with Gasteiger partial charge in [0.05, 0.1) is 11.4 Å². The largest absolute Gasteiger partial charge is 0.255 e. The van der Waals surface area contributed by atoms with Gasteiger partial charge in [-0.15, -0.1) is 6.42 Å². The zero-order valence-corrected chi connectivity index (χ0v) is 8.44. The summed E-state index contributed by atoms with van der Waals surface area (Å²) in [5.41, 5.74) is 3.65. The summed E-state index contributed by atoms with van der Waals surface area (Å²) in [6.07, 6.45) is 8.80. The van der Waals surface area contributed by atoms with E-state index in [4.69, 9.17) is 6.42 Å². The standard InChI is InChI=1S/C13H10N2/c1-3-11-5-7-15-13(9-11)12-8-10(2)4-6-14-12/h1,4-9H,2H3. The molecule has 0 unspecified atom stereocenters. The topological polar surface area (TPSA) is 25.8 Å². The van der Waals surface area contributed by atoms with Gasteiger partial charge in [-0.25, -0.2) is 0 Å². The molecule has 0 saturated carbocycles. The molecule has 0 aliphatic carbocycles. The lowest BCUT2D eigenvalue weighted by Gasteiger charge is -2.01. The minimum Gasteiger partial charge on any atom is -0.255 e. The van der Waals surface area contributed by atoms with Gasteiger partial charge in [0, 0.05) is 18.0 Å². The van der Waals surface area contributed by atoms with Gasteiger partial charge in [-0.05, 0) is 36.8 Å². The maximum atomic E-state index is 5.33. The maximum absolute atomic E-state index is 5.33. The van der Waals surface area contributed by atoms with Crippen molar-refractivity contribution < 1.29 is 0 Å². The summed E-state index contributed by atoms with van der Waals surface area (Å²) in [6.45, 7) is 2.02. The van der Waals surface area contributed by atoms with Crippen LogP contribution in [0.4, 0.5) is 0 Å². The van der Waals surface area contributed by atoms with Gasteiger partial charge in [0.15, 0.2) is 0 Å². The highest BCUT2D eigenvalue weighted by atomic mass is 14.8. The van der Waals surface area contributed by atoms with E-state index in [1.807, 2.05) is 25.1 Å². The minimum atomic E-state index is 0.814. The summed E-state index contributed by atoms with van der Waals surface area (Å²) < 4.78 is 0. The normalized spacial score (nSPS) is 9.60. The van der Waals surface area contributed by atoms with Gasteiger partial charge in [-0.3, -0.25) is 9.97 Å². The Balaban J connectivity index is 2.50. The first-order valence-corrected chi connectivity index (χ1v) is 4.65. The van der Waals surface area contributed by atoms with Gasteiger partial charge in [-0.1, -0.05) is 5.92 Å². The fourth-order valence-corrected chi connectivity index (χ4v) is 1.34. The molecule has 0 bridgehead atoms. The van der Waals surface area contributed by atoms with Crippen molar-refractivity contribution in [3.8, 4) is 23.7 Å². The third-order valence-corrected chi connectivity index (χ3v) is 2.10. The summed E-state index contributed by atoms with van der Waals surface area (Å²) >= 11 is 0. The van der Waals surface area contributed by atoms with Gasteiger partial charge in [-0.2, -0.15) is 0 Å². The fourth-order valence-electron chi connectivity index (χ4n) is 1.34. The zero-order chi connectivity index (χ0) is 10.7. The molecule has 2 aromatic heterocycles. The first-order chi connectivity index (χ1) is 7.29. The maximum Gasteiger partial charge on any atom is 0.0898 e. The second-order valence-electron chi connectivity index (χ2n) is 3.29. The van der Waals surface area contributed by atoms with Crippen molar-refractivity contribution in [2.24, 2.45) is 0 Å². The predicted octanol–water partition coefficient (Wildman–Crippen LogP) is 2.43. The van der Waals surface area contributed by atoms with Crippen LogP contribution in [0.25, 0.3) is 11.4 Å². The average Bonchev–Trinajstić information content (AvgIpc) is 2.29. The molecule has 2 heteroatoms. The van der Waals surface area contributed by atoms with Crippen LogP contribution in [0.3, 0.4) is 0 Å². The molecule has 2 nitrogen and oxygen atoms in total. The fraction of sp³-hybridized carbons (Fsp3) is 0.0769. The van der Waals surface area contributed by atoms with Crippen LogP contribution in [-0.2, 0) is 0 Å². The Hall–Kier alpha value is -2.14. The van der Waals surface area contributed by atoms with E-state index in [1.54, 1.807) is 18.5 Å². The van der Waals surface area contributed by atoms with E-state index in [-0.39, 0.29) is 0 Å². The lowest BCUT2D eigenvalue weighted by molar-refractivity contribution is 1.22. The van der Waals surface area contributed by atoms with Crippen molar-refractivity contribution in [2.45, 2.75) is 6.92 Å².